The molecule has 4 heteroatoms. The Bertz CT molecular complexity index is 1160. The summed E-state index contributed by atoms with van der Waals surface area (Å²) in [6, 6.07) is 14.9. The van der Waals surface area contributed by atoms with Crippen LogP contribution in [0.15, 0.2) is 42.5 Å². The highest BCUT2D eigenvalue weighted by atomic mass is 35.5. The maximum Gasteiger partial charge on any atom is 0.255 e. The van der Waals surface area contributed by atoms with E-state index in [2.05, 4.69) is 27.7 Å². The SMILES string of the molecule is O=C(c1ccccc1Cl)N1CCn2c3c(c4cc(C5CCCCC5)ccc42)CCCC31. The Kier molecular flexibility index (Phi) is 4.83. The normalized spacial score (nSPS) is 21.3. The third kappa shape index (κ3) is 3.12. The summed E-state index contributed by atoms with van der Waals surface area (Å²) in [6.45, 7) is 1.61. The number of aryl methyl sites for hydroxylation is 1. The van der Waals surface area contributed by atoms with Gasteiger partial charge in [-0.3, -0.25) is 4.79 Å². The topological polar surface area (TPSA) is 25.2 Å². The molecule has 2 aromatic carbocycles. The van der Waals surface area contributed by atoms with Gasteiger partial charge < -0.3 is 9.47 Å². The highest BCUT2D eigenvalue weighted by Crippen LogP contribution is 2.44. The van der Waals surface area contributed by atoms with Gasteiger partial charge in [0.25, 0.3) is 5.91 Å². The van der Waals surface area contributed by atoms with E-state index in [4.69, 9.17) is 11.6 Å². The summed E-state index contributed by atoms with van der Waals surface area (Å²) in [5.74, 6) is 0.794. The smallest absolute Gasteiger partial charge is 0.255 e. The van der Waals surface area contributed by atoms with Gasteiger partial charge in [0, 0.05) is 29.7 Å². The second-order valence-corrected chi connectivity index (χ2v) is 9.92. The fourth-order valence-corrected chi connectivity index (χ4v) is 6.56. The number of amides is 1. The zero-order chi connectivity index (χ0) is 20.9. The second-order valence-electron chi connectivity index (χ2n) is 9.51. The number of nitrogens with zero attached hydrogens (tertiary/aromatic N) is 2. The Morgan fingerprint density at radius 1 is 0.935 bits per heavy atom. The molecule has 1 atom stereocenters. The zero-order valence-corrected chi connectivity index (χ0v) is 18.7. The Labute approximate surface area is 189 Å². The van der Waals surface area contributed by atoms with Crippen molar-refractivity contribution in [1.29, 1.82) is 0 Å². The van der Waals surface area contributed by atoms with Crippen molar-refractivity contribution in [2.45, 2.75) is 69.9 Å². The first-order valence-corrected chi connectivity index (χ1v) is 12.3. The Balaban J connectivity index is 1.42. The van der Waals surface area contributed by atoms with Gasteiger partial charge in [-0.25, -0.2) is 0 Å². The van der Waals surface area contributed by atoms with Crippen LogP contribution in [0.3, 0.4) is 0 Å². The minimum absolute atomic E-state index is 0.0721. The monoisotopic (exact) mass is 432 g/mol. The Morgan fingerprint density at radius 3 is 2.61 bits per heavy atom. The minimum atomic E-state index is 0.0721. The van der Waals surface area contributed by atoms with Crippen LogP contribution >= 0.6 is 11.6 Å². The van der Waals surface area contributed by atoms with Crippen molar-refractivity contribution in [3.8, 4) is 0 Å². The largest absolute Gasteiger partial charge is 0.341 e. The van der Waals surface area contributed by atoms with Crippen LogP contribution < -0.4 is 0 Å². The lowest BCUT2D eigenvalue weighted by molar-refractivity contribution is 0.0601. The number of hydrogen-bond acceptors (Lipinski definition) is 1. The molecule has 31 heavy (non-hydrogen) atoms. The van der Waals surface area contributed by atoms with Crippen molar-refractivity contribution in [2.75, 3.05) is 6.54 Å². The number of hydrogen-bond donors (Lipinski definition) is 0. The molecular formula is C27H29ClN2O. The number of halogens is 1. The maximum absolute atomic E-state index is 13.4. The first-order chi connectivity index (χ1) is 15.2. The Hall–Kier alpha value is -2.26. The molecule has 2 heterocycles. The first kappa shape index (κ1) is 19.4. The van der Waals surface area contributed by atoms with Gasteiger partial charge in [0.2, 0.25) is 0 Å². The molecule has 0 N–H and O–H groups in total. The molecule has 0 bridgehead atoms. The summed E-state index contributed by atoms with van der Waals surface area (Å²) in [7, 11) is 0. The number of rotatable bonds is 2. The van der Waals surface area contributed by atoms with Crippen LogP contribution in [0.1, 0.15) is 84.1 Å². The van der Waals surface area contributed by atoms with E-state index in [1.165, 1.54) is 59.8 Å². The molecule has 1 aromatic heterocycles. The van der Waals surface area contributed by atoms with E-state index in [9.17, 15) is 4.79 Å². The molecule has 1 fully saturated rings. The van der Waals surface area contributed by atoms with Gasteiger partial charge in [-0.2, -0.15) is 0 Å². The van der Waals surface area contributed by atoms with Crippen molar-refractivity contribution in [2.24, 2.45) is 0 Å². The molecule has 1 aliphatic heterocycles. The van der Waals surface area contributed by atoms with E-state index in [1.54, 1.807) is 0 Å². The average Bonchev–Trinajstić information content (AvgIpc) is 3.15. The molecule has 1 saturated carbocycles. The lowest BCUT2D eigenvalue weighted by Gasteiger charge is -2.40. The van der Waals surface area contributed by atoms with E-state index >= 15 is 0 Å². The molecule has 0 spiro atoms. The van der Waals surface area contributed by atoms with Gasteiger partial charge in [-0.1, -0.05) is 49.1 Å². The summed E-state index contributed by atoms with van der Waals surface area (Å²) >= 11 is 6.38. The van der Waals surface area contributed by atoms with Crippen LogP contribution in [-0.2, 0) is 13.0 Å². The fraction of sp³-hybridized carbons (Fsp3) is 0.444. The first-order valence-electron chi connectivity index (χ1n) is 11.9. The van der Waals surface area contributed by atoms with Crippen molar-refractivity contribution in [1.82, 2.24) is 9.47 Å². The third-order valence-corrected chi connectivity index (χ3v) is 8.17. The van der Waals surface area contributed by atoms with Crippen molar-refractivity contribution in [3.05, 3.63) is 69.9 Å². The van der Waals surface area contributed by atoms with Gasteiger partial charge in [-0.15, -0.1) is 0 Å². The van der Waals surface area contributed by atoms with E-state index in [-0.39, 0.29) is 11.9 Å². The molecular weight excluding hydrogens is 404 g/mol. The molecule has 3 aliphatic rings. The molecule has 1 amide bonds. The number of fused-ring (bicyclic) bond motifs is 3. The predicted octanol–water partition coefficient (Wildman–Crippen LogP) is 6.88. The molecule has 1 unspecified atom stereocenters. The molecule has 0 saturated heterocycles. The molecule has 160 valence electrons. The van der Waals surface area contributed by atoms with Gasteiger partial charge >= 0.3 is 0 Å². The number of carbonyl (C=O) groups excluding carboxylic acids is 1. The van der Waals surface area contributed by atoms with Gasteiger partial charge in [0.05, 0.1) is 16.6 Å². The van der Waals surface area contributed by atoms with Crippen LogP contribution in [0.25, 0.3) is 10.9 Å². The van der Waals surface area contributed by atoms with E-state index in [0.717, 1.165) is 38.3 Å². The average molecular weight is 433 g/mol. The van der Waals surface area contributed by atoms with Crippen LogP contribution in [-0.4, -0.2) is 21.9 Å². The van der Waals surface area contributed by atoms with Crippen molar-refractivity contribution in [3.63, 3.8) is 0 Å². The second kappa shape index (κ2) is 7.70. The van der Waals surface area contributed by atoms with E-state index in [1.807, 2.05) is 24.3 Å². The van der Waals surface area contributed by atoms with Crippen LogP contribution in [0, 0.1) is 0 Å². The molecule has 3 aromatic rings. The van der Waals surface area contributed by atoms with Crippen LogP contribution in [0.2, 0.25) is 5.02 Å². The van der Waals surface area contributed by atoms with Gasteiger partial charge in [-0.05, 0) is 73.4 Å². The fourth-order valence-electron chi connectivity index (χ4n) is 6.34. The summed E-state index contributed by atoms with van der Waals surface area (Å²) in [5, 5.41) is 1.99. The summed E-state index contributed by atoms with van der Waals surface area (Å²) in [6.07, 6.45) is 10.1. The molecule has 2 aliphatic carbocycles. The van der Waals surface area contributed by atoms with Crippen molar-refractivity contribution < 1.29 is 4.79 Å². The summed E-state index contributed by atoms with van der Waals surface area (Å²) < 4.78 is 2.51. The molecule has 3 nitrogen and oxygen atoms in total. The standard InChI is InChI=1S/C27H29ClN2O/c28-23-11-5-4-9-21(23)27(31)30-16-15-29-24-14-13-19(18-7-2-1-3-8-18)17-22(24)20-10-6-12-25(30)26(20)29/h4-5,9,11,13-14,17-18,25H,1-3,6-8,10,12,15-16H2. The molecule has 0 radical (unpaired) electrons. The predicted molar refractivity (Wildman–Crippen MR) is 126 cm³/mol. The summed E-state index contributed by atoms with van der Waals surface area (Å²) in [4.78, 5) is 15.5. The van der Waals surface area contributed by atoms with Crippen LogP contribution in [0.5, 0.6) is 0 Å². The summed E-state index contributed by atoms with van der Waals surface area (Å²) in [5.41, 5.74) is 6.38. The lowest BCUT2D eigenvalue weighted by atomic mass is 9.83. The molecule has 6 rings (SSSR count). The quantitative estimate of drug-likeness (QED) is 0.433. The van der Waals surface area contributed by atoms with Crippen LogP contribution in [0.4, 0.5) is 0 Å². The maximum atomic E-state index is 13.4. The highest BCUT2D eigenvalue weighted by Gasteiger charge is 2.37. The minimum Gasteiger partial charge on any atom is -0.341 e. The Morgan fingerprint density at radius 2 is 1.77 bits per heavy atom. The lowest BCUT2D eigenvalue weighted by Crippen LogP contribution is -2.43. The van der Waals surface area contributed by atoms with Gasteiger partial charge in [0.1, 0.15) is 0 Å². The zero-order valence-electron chi connectivity index (χ0n) is 17.9. The van der Waals surface area contributed by atoms with E-state index in [0.29, 0.717) is 10.6 Å². The number of aromatic nitrogens is 1. The highest BCUT2D eigenvalue weighted by molar-refractivity contribution is 6.33. The van der Waals surface area contributed by atoms with Crippen molar-refractivity contribution >= 4 is 28.4 Å². The number of carbonyl (C=O) groups is 1. The van der Waals surface area contributed by atoms with E-state index < -0.39 is 0 Å². The van der Waals surface area contributed by atoms with Gasteiger partial charge in [0.15, 0.2) is 0 Å². The third-order valence-electron chi connectivity index (χ3n) is 7.84. The number of benzene rings is 2.